The van der Waals surface area contributed by atoms with Gasteiger partial charge in [0.25, 0.3) is 0 Å². The fourth-order valence-corrected chi connectivity index (χ4v) is 2.69. The van der Waals surface area contributed by atoms with Crippen molar-refractivity contribution in [1.82, 2.24) is 15.6 Å². The number of guanidine groups is 1. The third kappa shape index (κ3) is 4.80. The van der Waals surface area contributed by atoms with Crippen molar-refractivity contribution in [2.75, 3.05) is 6.54 Å². The highest BCUT2D eigenvalue weighted by Crippen LogP contribution is 2.11. The van der Waals surface area contributed by atoms with Crippen LogP contribution in [0.2, 0.25) is 0 Å². The molecule has 0 fully saturated rings. The molecule has 118 valence electrons. The van der Waals surface area contributed by atoms with E-state index in [4.69, 9.17) is 0 Å². The molecule has 2 aromatic rings. The molecular formula is C16H21FN4S. The van der Waals surface area contributed by atoms with Gasteiger partial charge < -0.3 is 10.6 Å². The van der Waals surface area contributed by atoms with E-state index in [-0.39, 0.29) is 5.82 Å². The summed E-state index contributed by atoms with van der Waals surface area (Å²) in [6, 6.07) is 5.07. The summed E-state index contributed by atoms with van der Waals surface area (Å²) in [5.41, 5.74) is 1.63. The number of aryl methyl sites for hydroxylation is 2. The molecule has 0 bridgehead atoms. The minimum absolute atomic E-state index is 0.183. The van der Waals surface area contributed by atoms with Crippen LogP contribution in [-0.2, 0) is 13.1 Å². The van der Waals surface area contributed by atoms with E-state index in [0.717, 1.165) is 23.1 Å². The van der Waals surface area contributed by atoms with Gasteiger partial charge in [0, 0.05) is 17.6 Å². The van der Waals surface area contributed by atoms with Gasteiger partial charge >= 0.3 is 0 Å². The van der Waals surface area contributed by atoms with Crippen molar-refractivity contribution in [3.63, 3.8) is 0 Å². The second-order valence-corrected chi connectivity index (χ2v) is 6.32. The highest BCUT2D eigenvalue weighted by Gasteiger charge is 2.03. The highest BCUT2D eigenvalue weighted by atomic mass is 32.1. The molecule has 1 heterocycles. The first kappa shape index (κ1) is 16.4. The van der Waals surface area contributed by atoms with E-state index in [2.05, 4.69) is 20.6 Å². The van der Waals surface area contributed by atoms with Crippen LogP contribution in [0.15, 0.2) is 29.4 Å². The van der Waals surface area contributed by atoms with Crippen LogP contribution in [0, 0.1) is 19.7 Å². The lowest BCUT2D eigenvalue weighted by Crippen LogP contribution is -2.36. The minimum atomic E-state index is -0.183. The second-order valence-electron chi connectivity index (χ2n) is 5.00. The fraction of sp³-hybridized carbons (Fsp3) is 0.375. The summed E-state index contributed by atoms with van der Waals surface area (Å²) in [5, 5.41) is 7.49. The lowest BCUT2D eigenvalue weighted by molar-refractivity contribution is 0.617. The average molecular weight is 320 g/mol. The number of nitrogens with one attached hydrogen (secondary N) is 2. The Morgan fingerprint density at radius 3 is 2.77 bits per heavy atom. The van der Waals surface area contributed by atoms with Gasteiger partial charge in [0.15, 0.2) is 5.96 Å². The topological polar surface area (TPSA) is 49.3 Å². The molecule has 0 aliphatic rings. The first-order valence-electron chi connectivity index (χ1n) is 7.27. The van der Waals surface area contributed by atoms with Crippen molar-refractivity contribution in [1.29, 1.82) is 0 Å². The maximum atomic E-state index is 13.3. The first-order valence-corrected chi connectivity index (χ1v) is 8.08. The van der Waals surface area contributed by atoms with E-state index in [1.165, 1.54) is 10.9 Å². The largest absolute Gasteiger partial charge is 0.357 e. The van der Waals surface area contributed by atoms with Crippen molar-refractivity contribution >= 4 is 17.3 Å². The molecule has 0 amide bonds. The molecule has 0 aliphatic carbocycles. The minimum Gasteiger partial charge on any atom is -0.357 e. The van der Waals surface area contributed by atoms with Gasteiger partial charge in [-0.25, -0.2) is 14.4 Å². The molecule has 2 N–H and O–H groups in total. The standard InChI is InChI=1S/C16H21FN4S/c1-4-18-16(21-10-15-19-8-12(3)22-15)20-9-13-5-6-14(17)11(2)7-13/h5-8H,4,9-10H2,1-3H3,(H2,18,20,21). The Kier molecular flexibility index (Phi) is 5.89. The number of hydrogen-bond donors (Lipinski definition) is 2. The van der Waals surface area contributed by atoms with Crippen LogP contribution in [0.3, 0.4) is 0 Å². The van der Waals surface area contributed by atoms with Gasteiger partial charge in [-0.3, -0.25) is 0 Å². The summed E-state index contributed by atoms with van der Waals surface area (Å²) in [7, 11) is 0. The van der Waals surface area contributed by atoms with E-state index in [0.29, 0.717) is 18.7 Å². The van der Waals surface area contributed by atoms with Crippen LogP contribution in [0.4, 0.5) is 4.39 Å². The van der Waals surface area contributed by atoms with Crippen LogP contribution in [0.5, 0.6) is 0 Å². The third-order valence-electron chi connectivity index (χ3n) is 3.06. The zero-order valence-corrected chi connectivity index (χ0v) is 13.9. The predicted octanol–water partition coefficient (Wildman–Crippen LogP) is 3.15. The summed E-state index contributed by atoms with van der Waals surface area (Å²) in [6.45, 7) is 7.76. The van der Waals surface area contributed by atoms with E-state index in [9.17, 15) is 4.39 Å². The molecule has 0 atom stereocenters. The number of nitrogens with zero attached hydrogens (tertiary/aromatic N) is 2. The molecule has 6 heteroatoms. The van der Waals surface area contributed by atoms with Crippen LogP contribution in [-0.4, -0.2) is 17.5 Å². The van der Waals surface area contributed by atoms with Gasteiger partial charge in [-0.15, -0.1) is 11.3 Å². The predicted molar refractivity (Wildman–Crippen MR) is 89.6 cm³/mol. The Labute approximate surface area is 134 Å². The lowest BCUT2D eigenvalue weighted by Gasteiger charge is -2.10. The number of aromatic nitrogens is 1. The Morgan fingerprint density at radius 2 is 2.14 bits per heavy atom. The summed E-state index contributed by atoms with van der Waals surface area (Å²) >= 11 is 1.67. The SMILES string of the molecule is CCNC(=NCc1ccc(F)c(C)c1)NCc1ncc(C)s1. The van der Waals surface area contributed by atoms with Crippen LogP contribution >= 0.6 is 11.3 Å². The monoisotopic (exact) mass is 320 g/mol. The van der Waals surface area contributed by atoms with Crippen LogP contribution < -0.4 is 10.6 Å². The van der Waals surface area contributed by atoms with E-state index in [1.807, 2.05) is 26.1 Å². The number of halogens is 1. The molecule has 1 aromatic carbocycles. The molecule has 0 spiro atoms. The van der Waals surface area contributed by atoms with Crippen molar-refractivity contribution in [2.24, 2.45) is 4.99 Å². The number of hydrogen-bond acceptors (Lipinski definition) is 3. The van der Waals surface area contributed by atoms with Gasteiger partial charge in [-0.2, -0.15) is 0 Å². The van der Waals surface area contributed by atoms with Crippen molar-refractivity contribution in [3.8, 4) is 0 Å². The van der Waals surface area contributed by atoms with Gasteiger partial charge in [0.05, 0.1) is 13.1 Å². The second kappa shape index (κ2) is 7.89. The van der Waals surface area contributed by atoms with Crippen molar-refractivity contribution < 1.29 is 4.39 Å². The molecule has 0 aliphatic heterocycles. The Bertz CT molecular complexity index is 651. The maximum absolute atomic E-state index is 13.3. The zero-order chi connectivity index (χ0) is 15.9. The van der Waals surface area contributed by atoms with Crippen molar-refractivity contribution in [2.45, 2.75) is 33.9 Å². The molecule has 2 rings (SSSR count). The molecular weight excluding hydrogens is 299 g/mol. The molecule has 0 radical (unpaired) electrons. The number of rotatable bonds is 5. The normalized spacial score (nSPS) is 11.5. The Balaban J connectivity index is 1.98. The van der Waals surface area contributed by atoms with E-state index >= 15 is 0 Å². The fourth-order valence-electron chi connectivity index (χ4n) is 1.96. The summed E-state index contributed by atoms with van der Waals surface area (Å²) in [5.74, 6) is 0.550. The van der Waals surface area contributed by atoms with Crippen molar-refractivity contribution in [3.05, 3.63) is 51.2 Å². The Morgan fingerprint density at radius 1 is 1.32 bits per heavy atom. The van der Waals surface area contributed by atoms with Gasteiger partial charge in [-0.05, 0) is 38.0 Å². The highest BCUT2D eigenvalue weighted by molar-refractivity contribution is 7.11. The molecule has 0 unspecified atom stereocenters. The number of aliphatic imine (C=N–C) groups is 1. The molecule has 0 saturated heterocycles. The maximum Gasteiger partial charge on any atom is 0.191 e. The summed E-state index contributed by atoms with van der Waals surface area (Å²) < 4.78 is 13.3. The Hall–Kier alpha value is -1.95. The van der Waals surface area contributed by atoms with Gasteiger partial charge in [-0.1, -0.05) is 12.1 Å². The van der Waals surface area contributed by atoms with E-state index in [1.54, 1.807) is 24.3 Å². The average Bonchev–Trinajstić information content (AvgIpc) is 2.91. The quantitative estimate of drug-likeness (QED) is 0.657. The first-order chi connectivity index (χ1) is 10.6. The van der Waals surface area contributed by atoms with Gasteiger partial charge in [0.1, 0.15) is 10.8 Å². The molecule has 22 heavy (non-hydrogen) atoms. The van der Waals surface area contributed by atoms with Crippen LogP contribution in [0.1, 0.15) is 27.9 Å². The zero-order valence-electron chi connectivity index (χ0n) is 13.1. The smallest absolute Gasteiger partial charge is 0.191 e. The lowest BCUT2D eigenvalue weighted by atomic mass is 10.1. The summed E-state index contributed by atoms with van der Waals surface area (Å²) in [6.07, 6.45) is 1.87. The van der Waals surface area contributed by atoms with Gasteiger partial charge in [0.2, 0.25) is 0 Å². The third-order valence-corrected chi connectivity index (χ3v) is 3.98. The molecule has 1 aromatic heterocycles. The molecule has 0 saturated carbocycles. The number of thiazole rings is 1. The molecule has 4 nitrogen and oxygen atoms in total. The van der Waals surface area contributed by atoms with E-state index < -0.39 is 0 Å². The summed E-state index contributed by atoms with van der Waals surface area (Å²) in [4.78, 5) is 10.0. The van der Waals surface area contributed by atoms with Crippen LogP contribution in [0.25, 0.3) is 0 Å². The number of benzene rings is 1.